The quantitative estimate of drug-likeness (QED) is 0.641. The first kappa shape index (κ1) is 16.4. The number of anilines is 1. The second-order valence-electron chi connectivity index (χ2n) is 4.77. The molecule has 0 aliphatic rings. The van der Waals surface area contributed by atoms with Gasteiger partial charge < -0.3 is 0 Å². The van der Waals surface area contributed by atoms with E-state index in [1.165, 1.54) is 18.2 Å². The summed E-state index contributed by atoms with van der Waals surface area (Å²) in [6.07, 6.45) is 0. The van der Waals surface area contributed by atoms with Crippen LogP contribution in [0.25, 0.3) is 0 Å². The molecule has 2 aromatic carbocycles. The van der Waals surface area contributed by atoms with E-state index < -0.39 is 14.9 Å². The predicted octanol–water partition coefficient (Wildman–Crippen LogP) is 3.77. The minimum atomic E-state index is -3.90. The Morgan fingerprint density at radius 2 is 1.73 bits per heavy atom. The Bertz CT molecular complexity index is 827. The molecule has 0 aromatic heterocycles. The van der Waals surface area contributed by atoms with Crippen LogP contribution < -0.4 is 4.72 Å². The fourth-order valence-electron chi connectivity index (χ4n) is 2.03. The van der Waals surface area contributed by atoms with Gasteiger partial charge in [-0.2, -0.15) is 0 Å². The van der Waals surface area contributed by atoms with E-state index in [-0.39, 0.29) is 10.6 Å². The molecule has 0 atom stereocenters. The van der Waals surface area contributed by atoms with Crippen LogP contribution in [-0.4, -0.2) is 13.3 Å². The number of hydrogen-bond acceptors (Lipinski definition) is 4. The first-order valence-corrected chi connectivity index (χ1v) is 8.52. The van der Waals surface area contributed by atoms with Crippen molar-refractivity contribution in [1.82, 2.24) is 0 Å². The van der Waals surface area contributed by atoms with Crippen LogP contribution >= 0.6 is 15.9 Å². The minimum Gasteiger partial charge on any atom is -0.279 e. The van der Waals surface area contributed by atoms with Crippen molar-refractivity contribution in [3.05, 3.63) is 62.1 Å². The van der Waals surface area contributed by atoms with Gasteiger partial charge >= 0.3 is 0 Å². The van der Waals surface area contributed by atoms with Gasteiger partial charge in [-0.15, -0.1) is 0 Å². The van der Waals surface area contributed by atoms with Gasteiger partial charge in [0, 0.05) is 16.6 Å². The second kappa shape index (κ2) is 6.05. The van der Waals surface area contributed by atoms with Crippen molar-refractivity contribution in [3.8, 4) is 0 Å². The molecule has 8 heteroatoms. The Morgan fingerprint density at radius 1 is 1.14 bits per heavy atom. The van der Waals surface area contributed by atoms with Crippen molar-refractivity contribution in [2.75, 3.05) is 4.72 Å². The Kier molecular flexibility index (Phi) is 4.52. The molecule has 0 aliphatic carbocycles. The molecule has 0 spiro atoms. The highest BCUT2D eigenvalue weighted by atomic mass is 79.9. The zero-order valence-electron chi connectivity index (χ0n) is 11.8. The van der Waals surface area contributed by atoms with Crippen LogP contribution in [0.4, 0.5) is 11.4 Å². The smallest absolute Gasteiger partial charge is 0.270 e. The number of halogens is 1. The molecule has 0 saturated carbocycles. The van der Waals surface area contributed by atoms with Crippen molar-refractivity contribution in [1.29, 1.82) is 0 Å². The molecule has 0 bridgehead atoms. The van der Waals surface area contributed by atoms with Gasteiger partial charge in [0.2, 0.25) is 0 Å². The molecule has 0 aliphatic heterocycles. The van der Waals surface area contributed by atoms with Gasteiger partial charge in [0.05, 0.1) is 15.5 Å². The lowest BCUT2D eigenvalue weighted by Crippen LogP contribution is -2.15. The molecule has 0 amide bonds. The topological polar surface area (TPSA) is 89.3 Å². The van der Waals surface area contributed by atoms with E-state index in [1.807, 2.05) is 0 Å². The van der Waals surface area contributed by atoms with Crippen LogP contribution in [0.15, 0.2) is 45.8 Å². The third kappa shape index (κ3) is 3.45. The largest absolute Gasteiger partial charge is 0.279 e. The van der Waals surface area contributed by atoms with E-state index in [1.54, 1.807) is 26.0 Å². The van der Waals surface area contributed by atoms with E-state index >= 15 is 0 Å². The van der Waals surface area contributed by atoms with Crippen molar-refractivity contribution in [2.45, 2.75) is 18.7 Å². The summed E-state index contributed by atoms with van der Waals surface area (Å²) in [5.41, 5.74) is 1.70. The van der Waals surface area contributed by atoms with Crippen LogP contribution in [0.1, 0.15) is 11.1 Å². The van der Waals surface area contributed by atoms with Crippen molar-refractivity contribution in [3.63, 3.8) is 0 Å². The van der Waals surface area contributed by atoms with E-state index in [0.717, 1.165) is 21.7 Å². The molecule has 0 heterocycles. The van der Waals surface area contributed by atoms with Crippen LogP contribution in [0.5, 0.6) is 0 Å². The zero-order valence-corrected chi connectivity index (χ0v) is 14.2. The molecule has 116 valence electrons. The molecule has 1 N–H and O–H groups in total. The van der Waals surface area contributed by atoms with E-state index in [4.69, 9.17) is 0 Å². The van der Waals surface area contributed by atoms with Gasteiger partial charge in [-0.3, -0.25) is 14.8 Å². The first-order valence-electron chi connectivity index (χ1n) is 6.25. The van der Waals surface area contributed by atoms with E-state index in [0.29, 0.717) is 5.69 Å². The molecular formula is C14H13BrN2O4S. The molecule has 2 rings (SSSR count). The lowest BCUT2D eigenvalue weighted by atomic mass is 10.1. The average molecular weight is 385 g/mol. The maximum absolute atomic E-state index is 12.4. The van der Waals surface area contributed by atoms with Gasteiger partial charge in [-0.05, 0) is 43.2 Å². The maximum atomic E-state index is 12.4. The minimum absolute atomic E-state index is 0.150. The number of sulfonamides is 1. The van der Waals surface area contributed by atoms with Crippen molar-refractivity contribution < 1.29 is 13.3 Å². The average Bonchev–Trinajstić information content (AvgIpc) is 2.43. The maximum Gasteiger partial charge on any atom is 0.270 e. The number of aryl methyl sites for hydroxylation is 2. The highest BCUT2D eigenvalue weighted by Crippen LogP contribution is 2.28. The fourth-order valence-corrected chi connectivity index (χ4v) is 3.96. The molecule has 0 unspecified atom stereocenters. The third-order valence-corrected chi connectivity index (χ3v) is 4.88. The van der Waals surface area contributed by atoms with Crippen LogP contribution in [0.3, 0.4) is 0 Å². The van der Waals surface area contributed by atoms with Gasteiger partial charge in [-0.1, -0.05) is 22.0 Å². The number of nitrogens with zero attached hydrogens (tertiary/aromatic N) is 1. The zero-order chi connectivity index (χ0) is 16.5. The Balaban J connectivity index is 2.45. The number of benzene rings is 2. The standard InChI is InChI=1S/C14H13BrN2O4S/c1-9-6-11(15)7-10(2)14(9)16-22(20,21)13-5-3-4-12(8-13)17(18)19/h3-8,16H,1-2H3. The summed E-state index contributed by atoms with van der Waals surface area (Å²) in [6.45, 7) is 3.56. The first-order chi connectivity index (χ1) is 10.2. The molecule has 0 fully saturated rings. The Labute approximate surface area is 136 Å². The van der Waals surface area contributed by atoms with Crippen LogP contribution in [-0.2, 0) is 10.0 Å². The van der Waals surface area contributed by atoms with Crippen LogP contribution in [0, 0.1) is 24.0 Å². The van der Waals surface area contributed by atoms with Crippen LogP contribution in [0.2, 0.25) is 0 Å². The Hall–Kier alpha value is -1.93. The summed E-state index contributed by atoms with van der Waals surface area (Å²) in [7, 11) is -3.90. The number of rotatable bonds is 4. The SMILES string of the molecule is Cc1cc(Br)cc(C)c1NS(=O)(=O)c1cccc([N+](=O)[O-])c1. The summed E-state index contributed by atoms with van der Waals surface area (Å²) >= 11 is 3.34. The molecule has 6 nitrogen and oxygen atoms in total. The highest BCUT2D eigenvalue weighted by molar-refractivity contribution is 9.10. The second-order valence-corrected chi connectivity index (χ2v) is 7.37. The number of hydrogen-bond donors (Lipinski definition) is 1. The van der Waals surface area contributed by atoms with Gasteiger partial charge in [-0.25, -0.2) is 8.42 Å². The summed E-state index contributed by atoms with van der Waals surface area (Å²) in [4.78, 5) is 9.99. The normalized spacial score (nSPS) is 11.2. The van der Waals surface area contributed by atoms with Gasteiger partial charge in [0.1, 0.15) is 0 Å². The monoisotopic (exact) mass is 384 g/mol. The number of nitrogens with one attached hydrogen (secondary N) is 1. The van der Waals surface area contributed by atoms with E-state index in [2.05, 4.69) is 20.7 Å². The Morgan fingerprint density at radius 3 is 2.27 bits per heavy atom. The summed E-state index contributed by atoms with van der Waals surface area (Å²) < 4.78 is 28.2. The van der Waals surface area contributed by atoms with Crippen molar-refractivity contribution >= 4 is 37.3 Å². The van der Waals surface area contributed by atoms with Crippen molar-refractivity contribution in [2.24, 2.45) is 0 Å². The highest BCUT2D eigenvalue weighted by Gasteiger charge is 2.19. The lowest BCUT2D eigenvalue weighted by molar-refractivity contribution is -0.385. The molecule has 22 heavy (non-hydrogen) atoms. The lowest BCUT2D eigenvalue weighted by Gasteiger charge is -2.13. The molecule has 0 radical (unpaired) electrons. The number of nitro benzene ring substituents is 1. The summed E-state index contributed by atoms with van der Waals surface area (Å²) in [5, 5.41) is 10.8. The molecule has 0 saturated heterocycles. The number of non-ortho nitro benzene ring substituents is 1. The van der Waals surface area contributed by atoms with E-state index in [9.17, 15) is 18.5 Å². The summed E-state index contributed by atoms with van der Waals surface area (Å²) in [6, 6.07) is 8.52. The third-order valence-electron chi connectivity index (χ3n) is 3.07. The van der Waals surface area contributed by atoms with Gasteiger partial charge in [0.15, 0.2) is 0 Å². The fraction of sp³-hybridized carbons (Fsp3) is 0.143. The molecule has 2 aromatic rings. The number of nitro groups is 1. The van der Waals surface area contributed by atoms with Gasteiger partial charge in [0.25, 0.3) is 15.7 Å². The summed E-state index contributed by atoms with van der Waals surface area (Å²) in [5.74, 6) is 0. The predicted molar refractivity (Wildman–Crippen MR) is 87.5 cm³/mol. The molecular weight excluding hydrogens is 372 g/mol.